The molecule has 2 aromatic carbocycles. The summed E-state index contributed by atoms with van der Waals surface area (Å²) in [5.74, 6) is -0.169. The molecule has 1 aliphatic carbocycles. The van der Waals surface area contributed by atoms with Crippen molar-refractivity contribution in [2.75, 3.05) is 0 Å². The standard InChI is InChI=1S/C29H34ClN3O4S/c1-3-4-10-26-31-28(30)25(19-34)33(26)18-21-13-14-23(17-21)27(22-8-6-5-7-9-22)29(35)32-38(36,37)24-15-11-20(2)12-16-24/h5-9,11-12,15-16,19,21,23,27H,3-4,10,13-14,17-18H2,1-2H3,(H,32,35). The Labute approximate surface area is 229 Å². The van der Waals surface area contributed by atoms with Crippen molar-refractivity contribution in [3.05, 3.63) is 82.4 Å². The summed E-state index contributed by atoms with van der Waals surface area (Å²) in [5.41, 5.74) is 2.12. The van der Waals surface area contributed by atoms with Crippen LogP contribution in [-0.4, -0.2) is 30.2 Å². The number of amides is 1. The number of imidazole rings is 1. The Morgan fingerprint density at radius 1 is 1.16 bits per heavy atom. The van der Waals surface area contributed by atoms with Crippen LogP contribution in [0.3, 0.4) is 0 Å². The van der Waals surface area contributed by atoms with E-state index in [9.17, 15) is 18.0 Å². The molecule has 0 spiro atoms. The zero-order valence-corrected chi connectivity index (χ0v) is 23.3. The molecule has 0 saturated heterocycles. The molecule has 3 aromatic rings. The first-order chi connectivity index (χ1) is 18.2. The number of benzene rings is 2. The van der Waals surface area contributed by atoms with Crippen molar-refractivity contribution >= 4 is 33.8 Å². The number of aldehydes is 1. The van der Waals surface area contributed by atoms with Gasteiger partial charge in [-0.05, 0) is 62.1 Å². The molecular formula is C29H34ClN3O4S. The van der Waals surface area contributed by atoms with Crippen LogP contribution in [0.15, 0.2) is 59.5 Å². The van der Waals surface area contributed by atoms with Crippen molar-refractivity contribution in [1.82, 2.24) is 14.3 Å². The van der Waals surface area contributed by atoms with Crippen LogP contribution in [-0.2, 0) is 27.8 Å². The second kappa shape index (κ2) is 12.3. The molecule has 0 radical (unpaired) electrons. The third-order valence-corrected chi connectivity index (χ3v) is 9.05. The van der Waals surface area contributed by atoms with Crippen molar-refractivity contribution in [2.45, 2.75) is 69.7 Å². The quantitative estimate of drug-likeness (QED) is 0.306. The molecule has 1 N–H and O–H groups in total. The van der Waals surface area contributed by atoms with E-state index in [0.29, 0.717) is 12.2 Å². The number of unbranched alkanes of at least 4 members (excludes halogenated alkanes) is 1. The molecule has 3 atom stereocenters. The Morgan fingerprint density at radius 2 is 1.87 bits per heavy atom. The summed E-state index contributed by atoms with van der Waals surface area (Å²) in [6.07, 6.45) is 5.80. The van der Waals surface area contributed by atoms with Crippen LogP contribution < -0.4 is 4.72 Å². The first-order valence-corrected chi connectivity index (χ1v) is 15.0. The monoisotopic (exact) mass is 555 g/mol. The number of carbonyl (C=O) groups excluding carboxylic acids is 2. The normalized spacial score (nSPS) is 18.3. The molecule has 0 bridgehead atoms. The maximum atomic E-state index is 13.6. The summed E-state index contributed by atoms with van der Waals surface area (Å²) in [4.78, 5) is 29.8. The number of nitrogens with one attached hydrogen (secondary N) is 1. The third-order valence-electron chi connectivity index (χ3n) is 7.41. The van der Waals surface area contributed by atoms with E-state index >= 15 is 0 Å². The number of aromatic nitrogens is 2. The molecule has 1 aliphatic rings. The lowest BCUT2D eigenvalue weighted by molar-refractivity contribution is -0.122. The van der Waals surface area contributed by atoms with Crippen LogP contribution in [0.5, 0.6) is 0 Å². The van der Waals surface area contributed by atoms with Crippen molar-refractivity contribution in [1.29, 1.82) is 0 Å². The molecular weight excluding hydrogens is 522 g/mol. The summed E-state index contributed by atoms with van der Waals surface area (Å²) >= 11 is 6.26. The Hall–Kier alpha value is -2.97. The highest BCUT2D eigenvalue weighted by molar-refractivity contribution is 7.90. The van der Waals surface area contributed by atoms with Gasteiger partial charge < -0.3 is 4.57 Å². The van der Waals surface area contributed by atoms with E-state index in [0.717, 1.165) is 61.8 Å². The van der Waals surface area contributed by atoms with Gasteiger partial charge in [0.2, 0.25) is 5.91 Å². The highest BCUT2D eigenvalue weighted by atomic mass is 35.5. The van der Waals surface area contributed by atoms with Gasteiger partial charge in [0.1, 0.15) is 11.5 Å². The van der Waals surface area contributed by atoms with Gasteiger partial charge in [0.15, 0.2) is 11.4 Å². The molecule has 1 saturated carbocycles. The van der Waals surface area contributed by atoms with E-state index in [1.54, 1.807) is 12.1 Å². The van der Waals surface area contributed by atoms with Gasteiger partial charge in [0.05, 0.1) is 10.8 Å². The van der Waals surface area contributed by atoms with E-state index < -0.39 is 21.8 Å². The number of halogens is 1. The lowest BCUT2D eigenvalue weighted by Crippen LogP contribution is -2.37. The summed E-state index contributed by atoms with van der Waals surface area (Å²) in [5, 5.41) is 0.225. The minimum absolute atomic E-state index is 0.0478. The Bertz CT molecular complexity index is 1370. The first-order valence-electron chi connectivity index (χ1n) is 13.1. The van der Waals surface area contributed by atoms with Gasteiger partial charge in [-0.1, -0.05) is 73.0 Å². The Kier molecular flexibility index (Phi) is 9.05. The van der Waals surface area contributed by atoms with Crippen molar-refractivity contribution in [3.8, 4) is 0 Å². The van der Waals surface area contributed by atoms with Gasteiger partial charge in [0.25, 0.3) is 10.0 Å². The van der Waals surface area contributed by atoms with Crippen molar-refractivity contribution in [3.63, 3.8) is 0 Å². The predicted molar refractivity (Wildman–Crippen MR) is 148 cm³/mol. The second-order valence-electron chi connectivity index (χ2n) is 10.1. The zero-order chi connectivity index (χ0) is 27.3. The number of hydrogen-bond donors (Lipinski definition) is 1. The fraction of sp³-hybridized carbons (Fsp3) is 0.414. The molecule has 0 aliphatic heterocycles. The van der Waals surface area contributed by atoms with E-state index in [1.165, 1.54) is 12.1 Å². The maximum absolute atomic E-state index is 13.6. The zero-order valence-electron chi connectivity index (χ0n) is 21.8. The van der Waals surface area contributed by atoms with Gasteiger partial charge in [-0.2, -0.15) is 0 Å². The molecule has 9 heteroatoms. The van der Waals surface area contributed by atoms with Gasteiger partial charge in [-0.15, -0.1) is 0 Å². The molecule has 7 nitrogen and oxygen atoms in total. The lowest BCUT2D eigenvalue weighted by atomic mass is 9.84. The van der Waals surface area contributed by atoms with Crippen LogP contribution in [0.25, 0.3) is 0 Å². The molecule has 4 rings (SSSR count). The number of nitrogens with zero attached hydrogens (tertiary/aromatic N) is 2. The smallest absolute Gasteiger partial charge is 0.264 e. The van der Waals surface area contributed by atoms with Crippen LogP contribution in [0, 0.1) is 18.8 Å². The summed E-state index contributed by atoms with van der Waals surface area (Å²) < 4.78 is 30.3. The van der Waals surface area contributed by atoms with Crippen LogP contribution in [0.1, 0.15) is 72.4 Å². The summed E-state index contributed by atoms with van der Waals surface area (Å²) in [6, 6.07) is 15.8. The predicted octanol–water partition coefficient (Wildman–Crippen LogP) is 5.71. The summed E-state index contributed by atoms with van der Waals surface area (Å²) in [7, 11) is -4.01. The molecule has 1 fully saturated rings. The van der Waals surface area contributed by atoms with Crippen LogP contribution >= 0.6 is 11.6 Å². The van der Waals surface area contributed by atoms with Crippen LogP contribution in [0.4, 0.5) is 0 Å². The Balaban J connectivity index is 1.55. The number of aryl methyl sites for hydroxylation is 2. The van der Waals surface area contributed by atoms with Gasteiger partial charge in [-0.3, -0.25) is 9.59 Å². The highest BCUT2D eigenvalue weighted by Gasteiger charge is 2.38. The number of sulfonamides is 1. The van der Waals surface area contributed by atoms with Crippen molar-refractivity contribution < 1.29 is 18.0 Å². The minimum atomic E-state index is -4.01. The third kappa shape index (κ3) is 6.35. The average molecular weight is 556 g/mol. The van der Waals surface area contributed by atoms with Crippen LogP contribution in [0.2, 0.25) is 5.15 Å². The molecule has 1 aromatic heterocycles. The Morgan fingerprint density at radius 3 is 2.53 bits per heavy atom. The number of hydrogen-bond acceptors (Lipinski definition) is 5. The topological polar surface area (TPSA) is 98.1 Å². The van der Waals surface area contributed by atoms with E-state index in [4.69, 9.17) is 11.6 Å². The van der Waals surface area contributed by atoms with Gasteiger partial charge in [0, 0.05) is 13.0 Å². The SMILES string of the molecule is CCCCc1nc(Cl)c(C=O)n1CC1CCC(C(C(=O)NS(=O)(=O)c2ccc(C)cc2)c2ccccc2)C1. The molecule has 1 amide bonds. The van der Waals surface area contributed by atoms with E-state index in [2.05, 4.69) is 16.6 Å². The van der Waals surface area contributed by atoms with Crippen molar-refractivity contribution in [2.24, 2.45) is 11.8 Å². The summed E-state index contributed by atoms with van der Waals surface area (Å²) in [6.45, 7) is 4.57. The van der Waals surface area contributed by atoms with E-state index in [-0.39, 0.29) is 21.9 Å². The first kappa shape index (κ1) is 28.0. The molecule has 202 valence electrons. The fourth-order valence-corrected chi connectivity index (χ4v) is 6.68. The number of carbonyl (C=O) groups is 2. The van der Waals surface area contributed by atoms with Gasteiger partial charge in [-0.25, -0.2) is 18.1 Å². The fourth-order valence-electron chi connectivity index (χ4n) is 5.43. The molecule has 3 unspecified atom stereocenters. The average Bonchev–Trinajstić information content (AvgIpc) is 3.47. The molecule has 1 heterocycles. The molecule has 38 heavy (non-hydrogen) atoms. The largest absolute Gasteiger partial charge is 0.324 e. The minimum Gasteiger partial charge on any atom is -0.324 e. The van der Waals surface area contributed by atoms with E-state index in [1.807, 2.05) is 41.8 Å². The van der Waals surface area contributed by atoms with Gasteiger partial charge >= 0.3 is 0 Å². The maximum Gasteiger partial charge on any atom is 0.264 e. The number of rotatable bonds is 11. The lowest BCUT2D eigenvalue weighted by Gasteiger charge is -2.24. The highest BCUT2D eigenvalue weighted by Crippen LogP contribution is 2.42. The second-order valence-corrected chi connectivity index (χ2v) is 12.2.